The third-order valence-corrected chi connectivity index (χ3v) is 2.81. The topological polar surface area (TPSA) is 61.4 Å². The fourth-order valence-electron chi connectivity index (χ4n) is 1.79. The maximum absolute atomic E-state index is 13.8. The SMILES string of the molecule is CC(C)C(NC(=O)NC[C@@H](C)O)c1ccc(F)cc1F. The molecule has 2 amide bonds. The van der Waals surface area contributed by atoms with Gasteiger partial charge in [-0.1, -0.05) is 19.9 Å². The summed E-state index contributed by atoms with van der Waals surface area (Å²) < 4.78 is 26.7. The largest absolute Gasteiger partial charge is 0.392 e. The standard InChI is InChI=1S/C14H20F2N2O2/c1-8(2)13(18-14(20)17-7-9(3)19)11-5-4-10(15)6-12(11)16/h4-6,8-9,13,19H,7H2,1-3H3,(H2,17,18,20)/t9-,13?/m1/s1. The first kappa shape index (κ1) is 16.4. The second kappa shape index (κ2) is 7.19. The molecular weight excluding hydrogens is 266 g/mol. The van der Waals surface area contributed by atoms with Gasteiger partial charge in [0.05, 0.1) is 12.1 Å². The number of carbonyl (C=O) groups is 1. The number of hydrogen-bond donors (Lipinski definition) is 3. The molecule has 0 heterocycles. The lowest BCUT2D eigenvalue weighted by atomic mass is 9.95. The Morgan fingerprint density at radius 2 is 1.95 bits per heavy atom. The van der Waals surface area contributed by atoms with E-state index in [-0.39, 0.29) is 18.0 Å². The van der Waals surface area contributed by atoms with E-state index in [1.807, 2.05) is 13.8 Å². The minimum absolute atomic E-state index is 0.0766. The van der Waals surface area contributed by atoms with Crippen molar-refractivity contribution in [3.63, 3.8) is 0 Å². The van der Waals surface area contributed by atoms with E-state index in [0.29, 0.717) is 0 Å². The average molecular weight is 286 g/mol. The Kier molecular flexibility index (Phi) is 5.88. The van der Waals surface area contributed by atoms with Crippen molar-refractivity contribution in [2.75, 3.05) is 6.54 Å². The molecule has 0 aliphatic carbocycles. The van der Waals surface area contributed by atoms with Gasteiger partial charge in [0.2, 0.25) is 0 Å². The van der Waals surface area contributed by atoms with Crippen molar-refractivity contribution < 1.29 is 18.7 Å². The number of nitrogens with one attached hydrogen (secondary N) is 2. The van der Waals surface area contributed by atoms with Gasteiger partial charge in [0.1, 0.15) is 11.6 Å². The second-order valence-electron chi connectivity index (χ2n) is 5.09. The van der Waals surface area contributed by atoms with Crippen molar-refractivity contribution in [1.82, 2.24) is 10.6 Å². The van der Waals surface area contributed by atoms with Gasteiger partial charge in [-0.15, -0.1) is 0 Å². The second-order valence-corrected chi connectivity index (χ2v) is 5.09. The summed E-state index contributed by atoms with van der Waals surface area (Å²) in [6, 6.07) is 2.19. The third kappa shape index (κ3) is 4.77. The van der Waals surface area contributed by atoms with Crippen LogP contribution in [0.3, 0.4) is 0 Å². The van der Waals surface area contributed by atoms with E-state index < -0.39 is 29.8 Å². The number of amides is 2. The Morgan fingerprint density at radius 3 is 2.45 bits per heavy atom. The molecule has 0 saturated heterocycles. The minimum Gasteiger partial charge on any atom is -0.392 e. The summed E-state index contributed by atoms with van der Waals surface area (Å²) >= 11 is 0. The summed E-state index contributed by atoms with van der Waals surface area (Å²) in [6.07, 6.45) is -0.666. The van der Waals surface area contributed by atoms with Crippen LogP contribution < -0.4 is 10.6 Å². The lowest BCUT2D eigenvalue weighted by Crippen LogP contribution is -2.42. The molecule has 0 radical (unpaired) electrons. The molecule has 0 bridgehead atoms. The normalized spacial score (nSPS) is 13.9. The maximum Gasteiger partial charge on any atom is 0.315 e. The first-order valence-electron chi connectivity index (χ1n) is 6.48. The zero-order chi connectivity index (χ0) is 15.3. The van der Waals surface area contributed by atoms with E-state index in [0.717, 1.165) is 12.1 Å². The average Bonchev–Trinajstić information content (AvgIpc) is 2.34. The maximum atomic E-state index is 13.8. The zero-order valence-corrected chi connectivity index (χ0v) is 11.8. The molecule has 3 N–H and O–H groups in total. The summed E-state index contributed by atoms with van der Waals surface area (Å²) in [4.78, 5) is 11.7. The van der Waals surface area contributed by atoms with Crippen LogP contribution in [0.5, 0.6) is 0 Å². The molecule has 6 heteroatoms. The number of carbonyl (C=O) groups excluding carboxylic acids is 1. The van der Waals surface area contributed by atoms with Gasteiger partial charge >= 0.3 is 6.03 Å². The predicted molar refractivity (Wildman–Crippen MR) is 72.2 cm³/mol. The molecule has 0 aromatic heterocycles. The van der Waals surface area contributed by atoms with Crippen LogP contribution in [0.15, 0.2) is 18.2 Å². The quantitative estimate of drug-likeness (QED) is 0.778. The Hall–Kier alpha value is -1.69. The highest BCUT2D eigenvalue weighted by Gasteiger charge is 2.21. The van der Waals surface area contributed by atoms with E-state index in [1.54, 1.807) is 6.92 Å². The van der Waals surface area contributed by atoms with Gasteiger partial charge in [-0.05, 0) is 18.9 Å². The Labute approximate surface area is 117 Å². The number of benzene rings is 1. The van der Waals surface area contributed by atoms with Crippen molar-refractivity contribution in [3.8, 4) is 0 Å². The minimum atomic E-state index is -0.695. The van der Waals surface area contributed by atoms with Crippen LogP contribution in [0, 0.1) is 17.6 Å². The molecule has 4 nitrogen and oxygen atoms in total. The van der Waals surface area contributed by atoms with Gasteiger partial charge in [0, 0.05) is 18.2 Å². The first-order valence-corrected chi connectivity index (χ1v) is 6.48. The monoisotopic (exact) mass is 286 g/mol. The summed E-state index contributed by atoms with van der Waals surface area (Å²) in [5.74, 6) is -1.43. The van der Waals surface area contributed by atoms with Gasteiger partial charge in [0.15, 0.2) is 0 Å². The molecule has 1 aromatic carbocycles. The molecule has 0 aliphatic heterocycles. The summed E-state index contributed by atoms with van der Waals surface area (Å²) in [6.45, 7) is 5.28. The van der Waals surface area contributed by atoms with E-state index in [4.69, 9.17) is 5.11 Å². The van der Waals surface area contributed by atoms with Crippen LogP contribution in [0.2, 0.25) is 0 Å². The number of aliphatic hydroxyl groups excluding tert-OH is 1. The van der Waals surface area contributed by atoms with Gasteiger partial charge in [-0.2, -0.15) is 0 Å². The third-order valence-electron chi connectivity index (χ3n) is 2.81. The van der Waals surface area contributed by atoms with Gasteiger partial charge < -0.3 is 15.7 Å². The van der Waals surface area contributed by atoms with Crippen LogP contribution in [0.1, 0.15) is 32.4 Å². The van der Waals surface area contributed by atoms with Crippen molar-refractivity contribution in [2.45, 2.75) is 32.9 Å². The Balaban J connectivity index is 2.81. The fraction of sp³-hybridized carbons (Fsp3) is 0.500. The Bertz CT molecular complexity index is 464. The lowest BCUT2D eigenvalue weighted by molar-refractivity contribution is 0.185. The predicted octanol–water partition coefficient (Wildman–Crippen LogP) is 2.34. The molecule has 1 unspecified atom stereocenters. The molecule has 1 aromatic rings. The number of hydrogen-bond acceptors (Lipinski definition) is 2. The smallest absolute Gasteiger partial charge is 0.315 e. The van der Waals surface area contributed by atoms with Crippen LogP contribution in [-0.2, 0) is 0 Å². The van der Waals surface area contributed by atoms with Crippen LogP contribution in [0.4, 0.5) is 13.6 Å². The van der Waals surface area contributed by atoms with Crippen molar-refractivity contribution in [3.05, 3.63) is 35.4 Å². The van der Waals surface area contributed by atoms with Crippen LogP contribution in [0.25, 0.3) is 0 Å². The van der Waals surface area contributed by atoms with E-state index in [9.17, 15) is 13.6 Å². The van der Waals surface area contributed by atoms with Crippen molar-refractivity contribution in [1.29, 1.82) is 0 Å². The zero-order valence-electron chi connectivity index (χ0n) is 11.8. The molecule has 20 heavy (non-hydrogen) atoms. The number of aliphatic hydroxyl groups is 1. The van der Waals surface area contributed by atoms with Crippen LogP contribution >= 0.6 is 0 Å². The summed E-state index contributed by atoms with van der Waals surface area (Å²) in [5, 5.41) is 14.2. The van der Waals surface area contributed by atoms with Crippen LogP contribution in [-0.4, -0.2) is 23.8 Å². The molecular formula is C14H20F2N2O2. The summed E-state index contributed by atoms with van der Waals surface area (Å²) in [7, 11) is 0. The number of urea groups is 1. The number of rotatable bonds is 5. The highest BCUT2D eigenvalue weighted by molar-refractivity contribution is 5.74. The molecule has 112 valence electrons. The Morgan fingerprint density at radius 1 is 1.30 bits per heavy atom. The van der Waals surface area contributed by atoms with E-state index >= 15 is 0 Å². The highest BCUT2D eigenvalue weighted by atomic mass is 19.1. The van der Waals surface area contributed by atoms with Gasteiger partial charge in [-0.3, -0.25) is 0 Å². The van der Waals surface area contributed by atoms with Crippen molar-refractivity contribution in [2.24, 2.45) is 5.92 Å². The summed E-state index contributed by atoms with van der Waals surface area (Å²) in [5.41, 5.74) is 0.230. The van der Waals surface area contributed by atoms with Gasteiger partial charge in [0.25, 0.3) is 0 Å². The molecule has 1 rings (SSSR count). The van der Waals surface area contributed by atoms with Gasteiger partial charge in [-0.25, -0.2) is 13.6 Å². The lowest BCUT2D eigenvalue weighted by Gasteiger charge is -2.23. The molecule has 0 aliphatic rings. The first-order chi connectivity index (χ1) is 9.31. The van der Waals surface area contributed by atoms with E-state index in [2.05, 4.69) is 10.6 Å². The number of halogens is 2. The van der Waals surface area contributed by atoms with E-state index in [1.165, 1.54) is 6.07 Å². The molecule has 0 saturated carbocycles. The van der Waals surface area contributed by atoms with Crippen molar-refractivity contribution >= 4 is 6.03 Å². The molecule has 0 spiro atoms. The molecule has 0 fully saturated rings. The fourth-order valence-corrected chi connectivity index (χ4v) is 1.79. The highest BCUT2D eigenvalue weighted by Crippen LogP contribution is 2.24. The molecule has 2 atom stereocenters.